The van der Waals surface area contributed by atoms with E-state index in [2.05, 4.69) is 53.8 Å². The molecule has 1 amide bonds. The van der Waals surface area contributed by atoms with Crippen LogP contribution in [0.2, 0.25) is 0 Å². The van der Waals surface area contributed by atoms with E-state index in [4.69, 9.17) is 4.74 Å². The number of ether oxygens (including phenoxy) is 1. The third-order valence-electron chi connectivity index (χ3n) is 5.25. The molecule has 0 spiro atoms. The van der Waals surface area contributed by atoms with E-state index in [0.29, 0.717) is 18.8 Å². The first kappa shape index (κ1) is 18.7. The van der Waals surface area contributed by atoms with E-state index >= 15 is 0 Å². The molecule has 1 aromatic heterocycles. The van der Waals surface area contributed by atoms with Gasteiger partial charge < -0.3 is 14.5 Å². The number of fused-ring (bicyclic) bond motifs is 1. The smallest absolute Gasteiger partial charge is 0.258 e. The summed E-state index contributed by atoms with van der Waals surface area (Å²) in [5.74, 6) is 1.51. The molecule has 0 radical (unpaired) electrons. The van der Waals surface area contributed by atoms with E-state index in [9.17, 15) is 4.79 Å². The van der Waals surface area contributed by atoms with E-state index in [1.165, 1.54) is 11.3 Å². The van der Waals surface area contributed by atoms with E-state index in [-0.39, 0.29) is 17.4 Å². The van der Waals surface area contributed by atoms with Crippen molar-refractivity contribution in [2.45, 2.75) is 46.1 Å². The molecule has 148 valence electrons. The molecule has 1 atom stereocenters. The molecule has 28 heavy (non-hydrogen) atoms. The first-order valence-corrected chi connectivity index (χ1v) is 10.0. The molecule has 0 saturated carbocycles. The zero-order valence-corrected chi connectivity index (χ0v) is 16.9. The van der Waals surface area contributed by atoms with E-state index in [1.54, 1.807) is 12.4 Å². The summed E-state index contributed by atoms with van der Waals surface area (Å²) in [6, 6.07) is 8.38. The second-order valence-electron chi connectivity index (χ2n) is 8.82. The Kier molecular flexibility index (Phi) is 4.96. The molecule has 1 fully saturated rings. The number of para-hydroxylation sites is 1. The van der Waals surface area contributed by atoms with Crippen LogP contribution in [0.4, 0.5) is 11.5 Å². The monoisotopic (exact) mass is 380 g/mol. The van der Waals surface area contributed by atoms with Crippen LogP contribution in [0.3, 0.4) is 0 Å². The highest BCUT2D eigenvalue weighted by Crippen LogP contribution is 2.37. The van der Waals surface area contributed by atoms with Crippen molar-refractivity contribution in [3.63, 3.8) is 0 Å². The molecular formula is C22H28N4O2. The van der Waals surface area contributed by atoms with E-state index in [1.807, 2.05) is 11.0 Å². The van der Waals surface area contributed by atoms with Crippen LogP contribution in [-0.2, 0) is 11.2 Å². The molecule has 0 N–H and O–H groups in total. The van der Waals surface area contributed by atoms with Gasteiger partial charge in [-0.2, -0.15) is 0 Å². The summed E-state index contributed by atoms with van der Waals surface area (Å²) in [5, 5.41) is 0. The number of likely N-dealkylation sites (tertiary alicyclic amines) is 1. The number of anilines is 2. The fraction of sp³-hybridized carbons (Fsp3) is 0.500. The number of aromatic nitrogens is 2. The number of benzene rings is 1. The van der Waals surface area contributed by atoms with Crippen molar-refractivity contribution in [2.75, 3.05) is 24.5 Å². The van der Waals surface area contributed by atoms with Gasteiger partial charge in [-0.25, -0.2) is 9.97 Å². The molecule has 2 aliphatic heterocycles. The Morgan fingerprint density at radius 1 is 1.18 bits per heavy atom. The van der Waals surface area contributed by atoms with Crippen LogP contribution in [0, 0.1) is 5.41 Å². The van der Waals surface area contributed by atoms with Gasteiger partial charge in [-0.05, 0) is 23.5 Å². The maximum absolute atomic E-state index is 12.5. The van der Waals surface area contributed by atoms with Gasteiger partial charge in [-0.3, -0.25) is 4.79 Å². The standard InChI is InChI=1S/C22H28N4O2/c1-22(2,3)14-19(27)25-12-9-17(15-25)28-21-20(23-10-11-24-21)26-13-8-16-6-4-5-7-18(16)26/h4-7,10-11,17H,8-9,12-15H2,1-3H3. The van der Waals surface area contributed by atoms with Crippen LogP contribution in [-0.4, -0.2) is 46.5 Å². The molecule has 1 saturated heterocycles. The Balaban J connectivity index is 1.47. The molecule has 3 heterocycles. The van der Waals surface area contributed by atoms with Crippen LogP contribution in [0.15, 0.2) is 36.7 Å². The van der Waals surface area contributed by atoms with E-state index < -0.39 is 0 Å². The Morgan fingerprint density at radius 2 is 1.96 bits per heavy atom. The molecule has 0 aliphatic carbocycles. The Hall–Kier alpha value is -2.63. The highest BCUT2D eigenvalue weighted by molar-refractivity contribution is 5.77. The highest BCUT2D eigenvalue weighted by atomic mass is 16.5. The maximum Gasteiger partial charge on any atom is 0.258 e. The SMILES string of the molecule is CC(C)(C)CC(=O)N1CCC(Oc2nccnc2N2CCc3ccccc32)C1. The Bertz CT molecular complexity index is 862. The van der Waals surface area contributed by atoms with Gasteiger partial charge in [0.05, 0.1) is 6.54 Å². The summed E-state index contributed by atoms with van der Waals surface area (Å²) in [6.07, 6.45) is 5.69. The summed E-state index contributed by atoms with van der Waals surface area (Å²) in [4.78, 5) is 25.6. The van der Waals surface area contributed by atoms with Gasteiger partial charge in [-0.15, -0.1) is 0 Å². The minimum atomic E-state index is -0.0442. The number of carbonyl (C=O) groups excluding carboxylic acids is 1. The van der Waals surface area contributed by atoms with Gasteiger partial charge >= 0.3 is 0 Å². The molecule has 6 heteroatoms. The zero-order valence-electron chi connectivity index (χ0n) is 16.9. The molecule has 2 aromatic rings. The summed E-state index contributed by atoms with van der Waals surface area (Å²) in [7, 11) is 0. The lowest BCUT2D eigenvalue weighted by molar-refractivity contribution is -0.132. The van der Waals surface area contributed by atoms with Crippen molar-refractivity contribution in [2.24, 2.45) is 5.41 Å². The number of carbonyl (C=O) groups is 1. The highest BCUT2D eigenvalue weighted by Gasteiger charge is 2.31. The van der Waals surface area contributed by atoms with Crippen LogP contribution in [0.25, 0.3) is 0 Å². The Morgan fingerprint density at radius 3 is 2.79 bits per heavy atom. The summed E-state index contributed by atoms with van der Waals surface area (Å²) in [5.41, 5.74) is 2.48. The number of amides is 1. The number of hydrogen-bond donors (Lipinski definition) is 0. The van der Waals surface area contributed by atoms with Crippen LogP contribution in [0.5, 0.6) is 5.88 Å². The first-order valence-electron chi connectivity index (χ1n) is 10.0. The summed E-state index contributed by atoms with van der Waals surface area (Å²) >= 11 is 0. The predicted molar refractivity (Wildman–Crippen MR) is 109 cm³/mol. The quantitative estimate of drug-likeness (QED) is 0.811. The third-order valence-corrected chi connectivity index (χ3v) is 5.25. The molecule has 1 unspecified atom stereocenters. The van der Waals surface area contributed by atoms with Crippen molar-refractivity contribution in [3.05, 3.63) is 42.2 Å². The summed E-state index contributed by atoms with van der Waals surface area (Å²) in [6.45, 7) is 8.50. The molecule has 0 bridgehead atoms. The van der Waals surface area contributed by atoms with E-state index in [0.717, 1.165) is 31.7 Å². The van der Waals surface area contributed by atoms with Crippen molar-refractivity contribution in [1.29, 1.82) is 0 Å². The van der Waals surface area contributed by atoms with Crippen molar-refractivity contribution in [1.82, 2.24) is 14.9 Å². The second-order valence-corrected chi connectivity index (χ2v) is 8.82. The zero-order chi connectivity index (χ0) is 19.7. The minimum Gasteiger partial charge on any atom is -0.470 e. The topological polar surface area (TPSA) is 58.6 Å². The molecular weight excluding hydrogens is 352 g/mol. The lowest BCUT2D eigenvalue weighted by Crippen LogP contribution is -2.33. The lowest BCUT2D eigenvalue weighted by Gasteiger charge is -2.24. The van der Waals surface area contributed by atoms with Crippen LogP contribution < -0.4 is 9.64 Å². The number of hydrogen-bond acceptors (Lipinski definition) is 5. The van der Waals surface area contributed by atoms with Crippen molar-refractivity contribution in [3.8, 4) is 5.88 Å². The fourth-order valence-electron chi connectivity index (χ4n) is 3.92. The third kappa shape index (κ3) is 3.96. The normalized spacial score (nSPS) is 19.0. The van der Waals surface area contributed by atoms with Crippen LogP contribution in [0.1, 0.15) is 39.2 Å². The number of rotatable bonds is 4. The first-order chi connectivity index (χ1) is 13.4. The van der Waals surface area contributed by atoms with Crippen LogP contribution >= 0.6 is 0 Å². The minimum absolute atomic E-state index is 0.00273. The van der Waals surface area contributed by atoms with Gasteiger partial charge in [0.1, 0.15) is 6.10 Å². The van der Waals surface area contributed by atoms with Crippen molar-refractivity contribution >= 4 is 17.4 Å². The van der Waals surface area contributed by atoms with Gasteiger partial charge in [0.2, 0.25) is 5.91 Å². The maximum atomic E-state index is 12.5. The predicted octanol–water partition coefficient (Wildman–Crippen LogP) is 3.59. The largest absolute Gasteiger partial charge is 0.470 e. The fourth-order valence-corrected chi connectivity index (χ4v) is 3.92. The molecule has 6 nitrogen and oxygen atoms in total. The molecule has 2 aliphatic rings. The van der Waals surface area contributed by atoms with Gasteiger partial charge in [-0.1, -0.05) is 39.0 Å². The van der Waals surface area contributed by atoms with Gasteiger partial charge in [0.15, 0.2) is 5.82 Å². The lowest BCUT2D eigenvalue weighted by atomic mass is 9.92. The molecule has 1 aromatic carbocycles. The van der Waals surface area contributed by atoms with Gasteiger partial charge in [0, 0.05) is 44.0 Å². The second kappa shape index (κ2) is 7.41. The average Bonchev–Trinajstić information content (AvgIpc) is 3.28. The molecule has 4 rings (SSSR count). The number of nitrogens with zero attached hydrogens (tertiary/aromatic N) is 4. The Labute approximate surface area is 166 Å². The summed E-state index contributed by atoms with van der Waals surface area (Å²) < 4.78 is 6.24. The van der Waals surface area contributed by atoms with Gasteiger partial charge in [0.25, 0.3) is 5.88 Å². The average molecular weight is 380 g/mol. The van der Waals surface area contributed by atoms with Crippen molar-refractivity contribution < 1.29 is 9.53 Å².